The highest BCUT2D eigenvalue weighted by molar-refractivity contribution is 6.13. The van der Waals surface area contributed by atoms with E-state index in [1.54, 1.807) is 84.3 Å². The summed E-state index contributed by atoms with van der Waals surface area (Å²) in [4.78, 5) is 39.3. The summed E-state index contributed by atoms with van der Waals surface area (Å²) >= 11 is 0. The summed E-state index contributed by atoms with van der Waals surface area (Å²) in [5.74, 6) is -1.61. The zero-order valence-corrected chi connectivity index (χ0v) is 19.8. The maximum atomic E-state index is 13.2. The predicted molar refractivity (Wildman–Crippen MR) is 138 cm³/mol. The molecule has 0 heterocycles. The summed E-state index contributed by atoms with van der Waals surface area (Å²) in [6.45, 7) is 0. The molecule has 0 aliphatic heterocycles. The average Bonchev–Trinajstić information content (AvgIpc) is 2.93. The Kier molecular flexibility index (Phi) is 7.61. The quantitative estimate of drug-likeness (QED) is 0.157. The number of rotatable bonds is 9. The Labute approximate surface area is 213 Å². The van der Waals surface area contributed by atoms with Gasteiger partial charge in [-0.05, 0) is 35.9 Å². The van der Waals surface area contributed by atoms with Crippen LogP contribution in [0, 0.1) is 0 Å². The van der Waals surface area contributed by atoms with Crippen LogP contribution in [0.5, 0.6) is 11.5 Å². The molecule has 4 aromatic carbocycles. The molecule has 0 spiro atoms. The Morgan fingerprint density at radius 3 is 1.97 bits per heavy atom. The molecule has 4 rings (SSSR count). The van der Waals surface area contributed by atoms with E-state index in [9.17, 15) is 19.6 Å². The molecule has 8 heteroatoms. The van der Waals surface area contributed by atoms with Crippen molar-refractivity contribution < 1.29 is 24.3 Å². The Bertz CT molecular complexity index is 1400. The Morgan fingerprint density at radius 2 is 1.38 bits per heavy atom. The predicted octanol–water partition coefficient (Wildman–Crippen LogP) is 4.20. The van der Waals surface area contributed by atoms with E-state index in [1.807, 2.05) is 18.2 Å². The largest absolute Gasteiger partial charge is 0.457 e. The molecule has 0 saturated heterocycles. The fraction of sp³-hybridized carbons (Fsp3) is 0.0690. The highest BCUT2D eigenvalue weighted by atomic mass is 16.5. The molecule has 1 unspecified atom stereocenters. The normalized spacial score (nSPS) is 12.1. The molecule has 186 valence electrons. The number of para-hydroxylation sites is 1. The molecule has 1 atom stereocenters. The zero-order valence-electron chi connectivity index (χ0n) is 19.8. The van der Waals surface area contributed by atoms with Crippen LogP contribution in [0.3, 0.4) is 0 Å². The van der Waals surface area contributed by atoms with Crippen LogP contribution in [0.2, 0.25) is 0 Å². The van der Waals surface area contributed by atoms with Crippen molar-refractivity contribution in [1.82, 2.24) is 5.48 Å². The highest BCUT2D eigenvalue weighted by Gasteiger charge is 2.48. The minimum Gasteiger partial charge on any atom is -0.457 e. The van der Waals surface area contributed by atoms with Gasteiger partial charge in [0.1, 0.15) is 11.5 Å². The first kappa shape index (κ1) is 25.2. The molecule has 5 N–H and O–H groups in total. The molecule has 3 amide bonds. The lowest BCUT2D eigenvalue weighted by Crippen LogP contribution is -2.54. The van der Waals surface area contributed by atoms with Crippen LogP contribution in [0.15, 0.2) is 109 Å². The maximum Gasteiger partial charge on any atom is 0.263 e. The summed E-state index contributed by atoms with van der Waals surface area (Å²) in [6, 6.07) is 30.8. The first-order chi connectivity index (χ1) is 17.9. The number of primary amides is 1. The number of anilines is 1. The van der Waals surface area contributed by atoms with Crippen molar-refractivity contribution in [3.05, 3.63) is 126 Å². The molecule has 8 nitrogen and oxygen atoms in total. The van der Waals surface area contributed by atoms with Gasteiger partial charge in [0.15, 0.2) is 5.41 Å². The molecule has 4 aromatic rings. The first-order valence-corrected chi connectivity index (χ1v) is 11.5. The molecule has 0 aliphatic rings. The van der Waals surface area contributed by atoms with Crippen LogP contribution >= 0.6 is 0 Å². The third-order valence-electron chi connectivity index (χ3n) is 5.94. The monoisotopic (exact) mass is 495 g/mol. The number of benzene rings is 4. The Morgan fingerprint density at radius 1 is 0.784 bits per heavy atom. The van der Waals surface area contributed by atoms with Crippen molar-refractivity contribution in [2.45, 2.75) is 11.8 Å². The van der Waals surface area contributed by atoms with E-state index in [4.69, 9.17) is 10.5 Å². The van der Waals surface area contributed by atoms with Crippen molar-refractivity contribution in [3.63, 3.8) is 0 Å². The molecule has 0 bridgehead atoms. The number of hydrogen-bond donors (Lipinski definition) is 4. The van der Waals surface area contributed by atoms with Gasteiger partial charge in [0, 0.05) is 29.3 Å². The van der Waals surface area contributed by atoms with Crippen LogP contribution in [0.1, 0.15) is 21.5 Å². The summed E-state index contributed by atoms with van der Waals surface area (Å²) in [5.41, 5.74) is 6.59. The highest BCUT2D eigenvalue weighted by Crippen LogP contribution is 2.38. The van der Waals surface area contributed by atoms with Crippen LogP contribution in [0.25, 0.3) is 0 Å². The topological polar surface area (TPSA) is 131 Å². The van der Waals surface area contributed by atoms with Crippen molar-refractivity contribution in [2.24, 2.45) is 5.73 Å². The van der Waals surface area contributed by atoms with E-state index < -0.39 is 23.1 Å². The molecule has 0 fully saturated rings. The van der Waals surface area contributed by atoms with Gasteiger partial charge in [-0.15, -0.1) is 0 Å². The second-order valence-corrected chi connectivity index (χ2v) is 8.32. The van der Waals surface area contributed by atoms with E-state index >= 15 is 0 Å². The summed E-state index contributed by atoms with van der Waals surface area (Å²) in [5, 5.41) is 12.4. The fourth-order valence-corrected chi connectivity index (χ4v) is 4.10. The van der Waals surface area contributed by atoms with Gasteiger partial charge in [0.2, 0.25) is 5.91 Å². The fourth-order valence-electron chi connectivity index (χ4n) is 4.10. The number of nitrogens with two attached hydrogens (primary N) is 1. The van der Waals surface area contributed by atoms with Gasteiger partial charge in [-0.25, -0.2) is 5.48 Å². The Balaban J connectivity index is 1.86. The van der Waals surface area contributed by atoms with Gasteiger partial charge in [-0.3, -0.25) is 19.6 Å². The van der Waals surface area contributed by atoms with Crippen molar-refractivity contribution >= 4 is 23.4 Å². The number of hydrogen-bond acceptors (Lipinski definition) is 5. The zero-order chi connectivity index (χ0) is 26.3. The molecule has 0 aliphatic carbocycles. The molecule has 37 heavy (non-hydrogen) atoms. The lowest BCUT2D eigenvalue weighted by molar-refractivity contribution is -0.142. The average molecular weight is 496 g/mol. The van der Waals surface area contributed by atoms with Crippen molar-refractivity contribution in [3.8, 4) is 11.5 Å². The Hall–Kier alpha value is -4.95. The van der Waals surface area contributed by atoms with Crippen LogP contribution < -0.4 is 21.3 Å². The van der Waals surface area contributed by atoms with Crippen molar-refractivity contribution in [1.29, 1.82) is 0 Å². The van der Waals surface area contributed by atoms with Gasteiger partial charge in [0.05, 0.1) is 0 Å². The van der Waals surface area contributed by atoms with E-state index in [1.165, 1.54) is 12.1 Å². The minimum absolute atomic E-state index is 0.0973. The van der Waals surface area contributed by atoms with E-state index in [0.717, 1.165) is 0 Å². The van der Waals surface area contributed by atoms with Gasteiger partial charge in [-0.2, -0.15) is 0 Å². The second kappa shape index (κ2) is 11.2. The van der Waals surface area contributed by atoms with Crippen LogP contribution in [-0.2, 0) is 21.4 Å². The second-order valence-electron chi connectivity index (χ2n) is 8.32. The maximum absolute atomic E-state index is 13.2. The summed E-state index contributed by atoms with van der Waals surface area (Å²) in [7, 11) is 0. The number of nitrogens with one attached hydrogen (secondary N) is 2. The standard InChI is InChI=1S/C29H25N3O5/c30-27(34)29(28(35)32-36,19-20-10-4-1-5-11-20)24-17-16-23(37-22-14-8-3-9-15-22)18-25(24)31-26(33)21-12-6-2-7-13-21/h1-18,36H,19H2,(H2,30,34)(H,31,33)(H,32,35). The van der Waals surface area contributed by atoms with Gasteiger partial charge < -0.3 is 15.8 Å². The van der Waals surface area contributed by atoms with E-state index in [0.29, 0.717) is 22.6 Å². The van der Waals surface area contributed by atoms with Crippen LogP contribution in [0.4, 0.5) is 5.69 Å². The number of amides is 3. The lowest BCUT2D eigenvalue weighted by Gasteiger charge is -2.31. The molecular weight excluding hydrogens is 470 g/mol. The molecule has 0 aromatic heterocycles. The number of hydroxylamine groups is 1. The number of carbonyl (C=O) groups excluding carboxylic acids is 3. The lowest BCUT2D eigenvalue weighted by atomic mass is 9.73. The van der Waals surface area contributed by atoms with E-state index in [-0.39, 0.29) is 17.7 Å². The first-order valence-electron chi connectivity index (χ1n) is 11.5. The molecule has 0 saturated carbocycles. The smallest absolute Gasteiger partial charge is 0.263 e. The third kappa shape index (κ3) is 5.50. The minimum atomic E-state index is -2.05. The molecule has 0 radical (unpaired) electrons. The summed E-state index contributed by atoms with van der Waals surface area (Å²) < 4.78 is 5.92. The van der Waals surface area contributed by atoms with Crippen LogP contribution in [-0.4, -0.2) is 22.9 Å². The van der Waals surface area contributed by atoms with E-state index in [2.05, 4.69) is 5.32 Å². The van der Waals surface area contributed by atoms with Gasteiger partial charge in [-0.1, -0.05) is 72.8 Å². The third-order valence-corrected chi connectivity index (χ3v) is 5.94. The van der Waals surface area contributed by atoms with Gasteiger partial charge >= 0.3 is 0 Å². The molecular formula is C29H25N3O5. The summed E-state index contributed by atoms with van der Waals surface area (Å²) in [6.07, 6.45) is -0.164. The van der Waals surface area contributed by atoms with Crippen molar-refractivity contribution in [2.75, 3.05) is 5.32 Å². The van der Waals surface area contributed by atoms with Gasteiger partial charge in [0.25, 0.3) is 11.8 Å². The SMILES string of the molecule is NC(=O)C(Cc1ccccc1)(C(=O)NO)c1ccc(Oc2ccccc2)cc1NC(=O)c1ccccc1. The number of ether oxygens (including phenoxy) is 1. The number of carbonyl (C=O) groups is 3.